The Hall–Kier alpha value is -6.84. The van der Waals surface area contributed by atoms with Gasteiger partial charge in [0.1, 0.15) is 11.2 Å². The molecule has 0 amide bonds. The first-order valence-electron chi connectivity index (χ1n) is 17.6. The average Bonchev–Trinajstić information content (AvgIpc) is 3.57. The molecule has 0 saturated carbocycles. The maximum absolute atomic E-state index is 6.75. The van der Waals surface area contributed by atoms with Crippen LogP contribution in [0.1, 0.15) is 5.56 Å². The lowest BCUT2D eigenvalue weighted by molar-refractivity contribution is 0.669. The van der Waals surface area contributed by atoms with Crippen LogP contribution in [0.25, 0.3) is 99.6 Å². The Morgan fingerprint density at radius 2 is 0.942 bits per heavy atom. The summed E-state index contributed by atoms with van der Waals surface area (Å²) in [5, 5.41) is 6.96. The molecule has 0 unspecified atom stereocenters. The van der Waals surface area contributed by atoms with Crippen LogP contribution in [0.15, 0.2) is 180 Å². The largest absolute Gasteiger partial charge is 0.456 e. The maximum atomic E-state index is 6.75. The molecule has 2 aromatic heterocycles. The van der Waals surface area contributed by atoms with Crippen LogP contribution in [-0.2, 0) is 0 Å². The third-order valence-corrected chi connectivity index (χ3v) is 10.2. The number of nitrogens with zero attached hydrogens (tertiary/aromatic N) is 2. The molecule has 3 nitrogen and oxygen atoms in total. The van der Waals surface area contributed by atoms with E-state index in [1.165, 1.54) is 21.7 Å². The zero-order valence-electron chi connectivity index (χ0n) is 28.5. The van der Waals surface area contributed by atoms with Gasteiger partial charge in [0.05, 0.1) is 11.4 Å². The summed E-state index contributed by atoms with van der Waals surface area (Å²) in [6.07, 6.45) is 0. The fourth-order valence-corrected chi connectivity index (χ4v) is 7.58. The van der Waals surface area contributed by atoms with E-state index in [1.54, 1.807) is 0 Å². The van der Waals surface area contributed by atoms with E-state index >= 15 is 0 Å². The number of aromatic nitrogens is 2. The van der Waals surface area contributed by atoms with E-state index in [0.29, 0.717) is 5.82 Å². The molecular weight excluding hydrogens is 633 g/mol. The number of hydrogen-bond acceptors (Lipinski definition) is 3. The summed E-state index contributed by atoms with van der Waals surface area (Å²) < 4.78 is 6.75. The molecule has 0 bridgehead atoms. The fraction of sp³-hybridized carbons (Fsp3) is 0.0204. The maximum Gasteiger partial charge on any atom is 0.160 e. The van der Waals surface area contributed by atoms with Crippen LogP contribution in [0.2, 0.25) is 0 Å². The van der Waals surface area contributed by atoms with Gasteiger partial charge in [-0.25, -0.2) is 9.97 Å². The summed E-state index contributed by atoms with van der Waals surface area (Å²) >= 11 is 0. The third-order valence-electron chi connectivity index (χ3n) is 10.2. The van der Waals surface area contributed by atoms with Gasteiger partial charge < -0.3 is 4.42 Å². The molecule has 0 spiro atoms. The molecule has 0 aliphatic carbocycles. The van der Waals surface area contributed by atoms with Gasteiger partial charge in [-0.05, 0) is 87.1 Å². The Kier molecular flexibility index (Phi) is 7.04. The highest BCUT2D eigenvalue weighted by Crippen LogP contribution is 2.42. The summed E-state index contributed by atoms with van der Waals surface area (Å²) in [5.41, 5.74) is 12.1. The van der Waals surface area contributed by atoms with Crippen LogP contribution < -0.4 is 0 Å². The van der Waals surface area contributed by atoms with Crippen LogP contribution in [-0.4, -0.2) is 9.97 Å². The van der Waals surface area contributed by atoms with Crippen molar-refractivity contribution in [3.63, 3.8) is 0 Å². The summed E-state index contributed by atoms with van der Waals surface area (Å²) in [4.78, 5) is 10.6. The lowest BCUT2D eigenvalue weighted by Crippen LogP contribution is -2.00. The predicted molar refractivity (Wildman–Crippen MR) is 216 cm³/mol. The minimum atomic E-state index is 0.655. The smallest absolute Gasteiger partial charge is 0.160 e. The molecule has 8 aromatic carbocycles. The van der Waals surface area contributed by atoms with E-state index in [9.17, 15) is 0 Å². The van der Waals surface area contributed by atoms with Crippen molar-refractivity contribution >= 4 is 43.5 Å². The molecule has 3 heteroatoms. The van der Waals surface area contributed by atoms with Crippen molar-refractivity contribution in [2.75, 3.05) is 0 Å². The Labute approximate surface area is 301 Å². The number of rotatable bonds is 5. The zero-order chi connectivity index (χ0) is 34.6. The van der Waals surface area contributed by atoms with Crippen LogP contribution >= 0.6 is 0 Å². The average molecular weight is 665 g/mol. The zero-order valence-corrected chi connectivity index (χ0v) is 28.5. The second-order valence-corrected chi connectivity index (χ2v) is 13.4. The Balaban J connectivity index is 1.24. The molecule has 0 atom stereocenters. The molecule has 0 radical (unpaired) electrons. The Bertz CT molecular complexity index is 2900. The molecular formula is C49H32N2O. The minimum Gasteiger partial charge on any atom is -0.456 e. The molecule has 244 valence electrons. The SMILES string of the molecule is Cc1c(-c2ccccc2)nc(-c2cc(-c3cccc(-c4ccc5ccccc5c4)c3)c3c(c2)oc2cc4ccccc4cc23)nc1-c1ccccc1. The lowest BCUT2D eigenvalue weighted by atomic mass is 9.93. The Morgan fingerprint density at radius 3 is 1.63 bits per heavy atom. The summed E-state index contributed by atoms with van der Waals surface area (Å²) in [7, 11) is 0. The van der Waals surface area contributed by atoms with E-state index < -0.39 is 0 Å². The second kappa shape index (κ2) is 12.2. The molecule has 0 aliphatic rings. The van der Waals surface area contributed by atoms with E-state index in [-0.39, 0.29) is 0 Å². The van der Waals surface area contributed by atoms with E-state index in [0.717, 1.165) is 77.7 Å². The summed E-state index contributed by atoms with van der Waals surface area (Å²) in [5.74, 6) is 0.655. The van der Waals surface area contributed by atoms with Crippen molar-refractivity contribution in [2.45, 2.75) is 6.92 Å². The fourth-order valence-electron chi connectivity index (χ4n) is 7.58. The quantitative estimate of drug-likeness (QED) is 0.184. The van der Waals surface area contributed by atoms with E-state index in [1.807, 2.05) is 12.1 Å². The molecule has 0 aliphatic heterocycles. The first-order valence-corrected chi connectivity index (χ1v) is 17.6. The first-order chi connectivity index (χ1) is 25.7. The van der Waals surface area contributed by atoms with Crippen molar-refractivity contribution in [3.05, 3.63) is 181 Å². The van der Waals surface area contributed by atoms with Crippen LogP contribution in [0.4, 0.5) is 0 Å². The molecule has 0 fully saturated rings. The van der Waals surface area contributed by atoms with Crippen molar-refractivity contribution in [3.8, 4) is 56.2 Å². The van der Waals surface area contributed by atoms with Crippen molar-refractivity contribution < 1.29 is 4.42 Å². The molecule has 2 heterocycles. The van der Waals surface area contributed by atoms with Gasteiger partial charge in [-0.1, -0.05) is 140 Å². The standard InChI is InChI=1S/C49H32N2O/c1-31-47(33-14-4-2-5-15-33)50-49(51-48(31)34-16-6-3-7-17-34)41-28-42(46-43-27-37-19-10-11-20-38(37)29-44(43)52-45(46)30-41)40-22-12-21-36(26-40)39-24-23-32-13-8-9-18-35(32)25-39/h2-30H,1H3. The highest BCUT2D eigenvalue weighted by atomic mass is 16.3. The predicted octanol–water partition coefficient (Wildman–Crippen LogP) is 13.3. The summed E-state index contributed by atoms with van der Waals surface area (Å²) in [6.45, 7) is 2.12. The van der Waals surface area contributed by atoms with Gasteiger partial charge in [0.25, 0.3) is 0 Å². The first kappa shape index (κ1) is 30.0. The second-order valence-electron chi connectivity index (χ2n) is 13.4. The number of benzene rings is 8. The number of fused-ring (bicyclic) bond motifs is 5. The highest BCUT2D eigenvalue weighted by Gasteiger charge is 2.20. The van der Waals surface area contributed by atoms with Gasteiger partial charge in [-0.3, -0.25) is 0 Å². The monoisotopic (exact) mass is 664 g/mol. The Morgan fingerprint density at radius 1 is 0.385 bits per heavy atom. The molecule has 10 rings (SSSR count). The van der Waals surface area contributed by atoms with E-state index in [2.05, 4.69) is 171 Å². The molecule has 52 heavy (non-hydrogen) atoms. The van der Waals surface area contributed by atoms with Crippen LogP contribution in [0.5, 0.6) is 0 Å². The highest BCUT2D eigenvalue weighted by molar-refractivity contribution is 6.16. The van der Waals surface area contributed by atoms with Crippen LogP contribution in [0.3, 0.4) is 0 Å². The topological polar surface area (TPSA) is 38.9 Å². The molecule has 0 saturated heterocycles. The normalized spacial score (nSPS) is 11.6. The van der Waals surface area contributed by atoms with Crippen molar-refractivity contribution in [2.24, 2.45) is 0 Å². The third kappa shape index (κ3) is 5.14. The van der Waals surface area contributed by atoms with E-state index in [4.69, 9.17) is 14.4 Å². The van der Waals surface area contributed by atoms with Crippen LogP contribution in [0, 0.1) is 6.92 Å². The van der Waals surface area contributed by atoms with Gasteiger partial charge in [-0.2, -0.15) is 0 Å². The van der Waals surface area contributed by atoms with Gasteiger partial charge in [-0.15, -0.1) is 0 Å². The number of hydrogen-bond donors (Lipinski definition) is 0. The van der Waals surface area contributed by atoms with Crippen molar-refractivity contribution in [1.82, 2.24) is 9.97 Å². The van der Waals surface area contributed by atoms with Gasteiger partial charge in [0, 0.05) is 33.0 Å². The molecule has 10 aromatic rings. The van der Waals surface area contributed by atoms with Gasteiger partial charge >= 0.3 is 0 Å². The summed E-state index contributed by atoms with van der Waals surface area (Å²) in [6, 6.07) is 62.1. The lowest BCUT2D eigenvalue weighted by Gasteiger charge is -2.15. The number of furan rings is 1. The minimum absolute atomic E-state index is 0.655. The van der Waals surface area contributed by atoms with Crippen molar-refractivity contribution in [1.29, 1.82) is 0 Å². The molecule has 0 N–H and O–H groups in total. The van der Waals surface area contributed by atoms with Gasteiger partial charge in [0.2, 0.25) is 0 Å². The van der Waals surface area contributed by atoms with Gasteiger partial charge in [0.15, 0.2) is 5.82 Å².